The molecule has 6 nitrogen and oxygen atoms in total. The van der Waals surface area contributed by atoms with Gasteiger partial charge in [0.2, 0.25) is 0 Å². The summed E-state index contributed by atoms with van der Waals surface area (Å²) >= 11 is 6.05. The molecule has 0 atom stereocenters. The maximum Gasteiger partial charge on any atom is 0.265 e. The van der Waals surface area contributed by atoms with E-state index in [1.54, 1.807) is 23.0 Å². The van der Waals surface area contributed by atoms with E-state index in [-0.39, 0.29) is 4.90 Å². The number of fused-ring (bicyclic) bond motifs is 1. The van der Waals surface area contributed by atoms with E-state index in [9.17, 15) is 8.42 Å². The normalized spacial score (nSPS) is 11.9. The Morgan fingerprint density at radius 1 is 1.41 bits per heavy atom. The Kier molecular flexibility index (Phi) is 3.84. The number of anilines is 1. The second-order valence-electron chi connectivity index (χ2n) is 4.91. The number of rotatable bonds is 5. The first-order valence-electron chi connectivity index (χ1n) is 6.82. The van der Waals surface area contributed by atoms with Gasteiger partial charge in [-0.3, -0.25) is 9.40 Å². The van der Waals surface area contributed by atoms with Gasteiger partial charge in [0.05, 0.1) is 22.4 Å². The standard InChI is InChI=1S/C14H15ClN4O2S/c1-2-6-19-9-10(7-17-19)22(20,21)18-13-5-3-4-11-12(15)8-16-14(11)13/h3-5,7-9,16,18H,2,6H2,1H3. The lowest BCUT2D eigenvalue weighted by molar-refractivity contribution is 0.595. The van der Waals surface area contributed by atoms with Crippen LogP contribution in [0.4, 0.5) is 5.69 Å². The number of nitrogens with zero attached hydrogens (tertiary/aromatic N) is 2. The summed E-state index contributed by atoms with van der Waals surface area (Å²) in [5.74, 6) is 0. The van der Waals surface area contributed by atoms with Gasteiger partial charge in [-0.15, -0.1) is 0 Å². The van der Waals surface area contributed by atoms with Crippen molar-refractivity contribution >= 4 is 38.2 Å². The number of H-pyrrole nitrogens is 1. The fourth-order valence-corrected chi connectivity index (χ4v) is 3.48. The summed E-state index contributed by atoms with van der Waals surface area (Å²) < 4.78 is 29.1. The zero-order valence-corrected chi connectivity index (χ0v) is 13.4. The predicted octanol–water partition coefficient (Wildman–Crippen LogP) is 3.23. The lowest BCUT2D eigenvalue weighted by atomic mass is 10.2. The number of nitrogens with one attached hydrogen (secondary N) is 2. The largest absolute Gasteiger partial charge is 0.358 e. The first kappa shape index (κ1) is 14.9. The number of hydrogen-bond donors (Lipinski definition) is 2. The molecule has 0 aliphatic heterocycles. The monoisotopic (exact) mass is 338 g/mol. The molecule has 116 valence electrons. The van der Waals surface area contributed by atoms with Crippen molar-refractivity contribution in [3.05, 3.63) is 41.8 Å². The molecule has 8 heteroatoms. The van der Waals surface area contributed by atoms with Crippen LogP contribution in [0.1, 0.15) is 13.3 Å². The second-order valence-corrected chi connectivity index (χ2v) is 7.00. The number of aryl methyl sites for hydroxylation is 1. The second kappa shape index (κ2) is 5.66. The van der Waals surface area contributed by atoms with E-state index in [1.807, 2.05) is 13.0 Å². The maximum atomic E-state index is 12.5. The Labute approximate surface area is 133 Å². The molecule has 2 aromatic heterocycles. The van der Waals surface area contributed by atoms with Gasteiger partial charge >= 0.3 is 0 Å². The molecule has 0 unspecified atom stereocenters. The van der Waals surface area contributed by atoms with Gasteiger partial charge in [-0.25, -0.2) is 8.42 Å². The van der Waals surface area contributed by atoms with Crippen molar-refractivity contribution in [1.82, 2.24) is 14.8 Å². The van der Waals surface area contributed by atoms with E-state index < -0.39 is 10.0 Å². The van der Waals surface area contributed by atoms with Crippen molar-refractivity contribution in [1.29, 1.82) is 0 Å². The van der Waals surface area contributed by atoms with Gasteiger partial charge in [-0.1, -0.05) is 30.7 Å². The van der Waals surface area contributed by atoms with Crippen LogP contribution < -0.4 is 4.72 Å². The molecule has 0 spiro atoms. The average Bonchev–Trinajstić information content (AvgIpc) is 3.08. The Balaban J connectivity index is 1.95. The van der Waals surface area contributed by atoms with Crippen LogP contribution in [0.5, 0.6) is 0 Å². The van der Waals surface area contributed by atoms with Crippen LogP contribution in [0.2, 0.25) is 5.02 Å². The van der Waals surface area contributed by atoms with Crippen LogP contribution in [0, 0.1) is 0 Å². The molecule has 0 fully saturated rings. The van der Waals surface area contributed by atoms with Gasteiger partial charge < -0.3 is 4.98 Å². The van der Waals surface area contributed by atoms with Gasteiger partial charge in [0.1, 0.15) is 4.90 Å². The van der Waals surface area contributed by atoms with Crippen molar-refractivity contribution in [2.24, 2.45) is 0 Å². The molecule has 0 amide bonds. The maximum absolute atomic E-state index is 12.5. The molecule has 0 saturated heterocycles. The topological polar surface area (TPSA) is 79.8 Å². The number of para-hydroxylation sites is 1. The van der Waals surface area contributed by atoms with Crippen LogP contribution in [0.15, 0.2) is 41.7 Å². The molecule has 0 bridgehead atoms. The number of benzene rings is 1. The number of hydrogen-bond acceptors (Lipinski definition) is 3. The molecular formula is C14H15ClN4O2S. The quantitative estimate of drug-likeness (QED) is 0.749. The SMILES string of the molecule is CCCn1cc(S(=O)(=O)Nc2cccc3c(Cl)c[nH]c23)cn1. The van der Waals surface area contributed by atoms with E-state index in [0.29, 0.717) is 22.8 Å². The summed E-state index contributed by atoms with van der Waals surface area (Å²) in [6.45, 7) is 2.68. The van der Waals surface area contributed by atoms with Crippen molar-refractivity contribution < 1.29 is 8.42 Å². The molecule has 0 aliphatic rings. The molecule has 3 rings (SSSR count). The molecule has 0 aliphatic carbocycles. The highest BCUT2D eigenvalue weighted by atomic mass is 35.5. The zero-order valence-electron chi connectivity index (χ0n) is 11.9. The smallest absolute Gasteiger partial charge is 0.265 e. The Hall–Kier alpha value is -1.99. The van der Waals surface area contributed by atoms with Crippen LogP contribution in [0.3, 0.4) is 0 Å². The van der Waals surface area contributed by atoms with Crippen LogP contribution in [-0.4, -0.2) is 23.2 Å². The lowest BCUT2D eigenvalue weighted by Gasteiger charge is -2.07. The van der Waals surface area contributed by atoms with E-state index >= 15 is 0 Å². The lowest BCUT2D eigenvalue weighted by Crippen LogP contribution is -2.12. The van der Waals surface area contributed by atoms with E-state index in [4.69, 9.17) is 11.6 Å². The van der Waals surface area contributed by atoms with Crippen LogP contribution in [-0.2, 0) is 16.6 Å². The van der Waals surface area contributed by atoms with Gasteiger partial charge in [-0.05, 0) is 12.5 Å². The first-order chi connectivity index (χ1) is 10.5. The molecule has 1 aromatic carbocycles. The summed E-state index contributed by atoms with van der Waals surface area (Å²) in [6, 6.07) is 5.26. The highest BCUT2D eigenvalue weighted by Gasteiger charge is 2.18. The molecule has 2 heterocycles. The third-order valence-electron chi connectivity index (χ3n) is 3.28. The summed E-state index contributed by atoms with van der Waals surface area (Å²) in [6.07, 6.45) is 5.38. The van der Waals surface area contributed by atoms with E-state index in [2.05, 4.69) is 14.8 Å². The van der Waals surface area contributed by atoms with E-state index in [0.717, 1.165) is 11.8 Å². The third kappa shape index (κ3) is 2.69. The predicted molar refractivity (Wildman–Crippen MR) is 86.6 cm³/mol. The highest BCUT2D eigenvalue weighted by molar-refractivity contribution is 7.92. The highest BCUT2D eigenvalue weighted by Crippen LogP contribution is 2.29. The molecule has 0 saturated carbocycles. The zero-order chi connectivity index (χ0) is 15.7. The van der Waals surface area contributed by atoms with Gasteiger partial charge in [0.25, 0.3) is 10.0 Å². The van der Waals surface area contributed by atoms with Gasteiger partial charge in [-0.2, -0.15) is 5.10 Å². The van der Waals surface area contributed by atoms with Crippen LogP contribution in [0.25, 0.3) is 10.9 Å². The number of aromatic nitrogens is 3. The fourth-order valence-electron chi connectivity index (χ4n) is 2.24. The summed E-state index contributed by atoms with van der Waals surface area (Å²) in [5.41, 5.74) is 1.10. The molecule has 22 heavy (non-hydrogen) atoms. The number of aromatic amines is 1. The van der Waals surface area contributed by atoms with Crippen molar-refractivity contribution in [3.63, 3.8) is 0 Å². The minimum absolute atomic E-state index is 0.135. The summed E-state index contributed by atoms with van der Waals surface area (Å²) in [7, 11) is -3.69. The minimum atomic E-state index is -3.69. The molecule has 0 radical (unpaired) electrons. The minimum Gasteiger partial charge on any atom is -0.358 e. The van der Waals surface area contributed by atoms with Crippen molar-refractivity contribution in [2.75, 3.05) is 4.72 Å². The van der Waals surface area contributed by atoms with Gasteiger partial charge in [0, 0.05) is 24.3 Å². The molecule has 2 N–H and O–H groups in total. The number of halogens is 1. The molecule has 3 aromatic rings. The third-order valence-corrected chi connectivity index (χ3v) is 4.91. The van der Waals surface area contributed by atoms with Crippen molar-refractivity contribution in [2.45, 2.75) is 24.8 Å². The van der Waals surface area contributed by atoms with E-state index in [1.165, 1.54) is 12.4 Å². The van der Waals surface area contributed by atoms with Crippen molar-refractivity contribution in [3.8, 4) is 0 Å². The Bertz CT molecular complexity index is 914. The average molecular weight is 339 g/mol. The fraction of sp³-hybridized carbons (Fsp3) is 0.214. The summed E-state index contributed by atoms with van der Waals surface area (Å²) in [5, 5.41) is 5.36. The van der Waals surface area contributed by atoms with Crippen LogP contribution >= 0.6 is 11.6 Å². The Morgan fingerprint density at radius 2 is 2.23 bits per heavy atom. The first-order valence-corrected chi connectivity index (χ1v) is 8.68. The Morgan fingerprint density at radius 3 is 3.00 bits per heavy atom. The van der Waals surface area contributed by atoms with Gasteiger partial charge in [0.15, 0.2) is 0 Å². The number of sulfonamides is 1. The summed E-state index contributed by atoms with van der Waals surface area (Å²) in [4.78, 5) is 3.11. The molecular weight excluding hydrogens is 324 g/mol.